The molecule has 3 rings (SSSR count). The van der Waals surface area contributed by atoms with Crippen molar-refractivity contribution < 1.29 is 4.74 Å². The lowest BCUT2D eigenvalue weighted by molar-refractivity contribution is 0.318. The number of hydrogen-bond acceptors (Lipinski definition) is 4. The Labute approximate surface area is 132 Å². The van der Waals surface area contributed by atoms with E-state index in [1.165, 1.54) is 0 Å². The molecule has 5 heteroatoms. The van der Waals surface area contributed by atoms with Crippen LogP contribution in [-0.4, -0.2) is 11.6 Å². The van der Waals surface area contributed by atoms with Gasteiger partial charge < -0.3 is 10.1 Å². The molecule has 0 atom stereocenters. The van der Waals surface area contributed by atoms with Crippen LogP contribution in [0.3, 0.4) is 0 Å². The molecule has 1 aromatic heterocycles. The highest BCUT2D eigenvalue weighted by Gasteiger charge is 2.10. The highest BCUT2D eigenvalue weighted by atomic mass is 35.5. The van der Waals surface area contributed by atoms with Crippen molar-refractivity contribution in [3.05, 3.63) is 47.5 Å². The van der Waals surface area contributed by atoms with Gasteiger partial charge in [0.1, 0.15) is 11.3 Å². The van der Waals surface area contributed by atoms with Crippen molar-refractivity contribution in [3.8, 4) is 5.75 Å². The minimum absolute atomic E-state index is 0.621. The van der Waals surface area contributed by atoms with Crippen molar-refractivity contribution in [2.24, 2.45) is 0 Å². The van der Waals surface area contributed by atoms with Gasteiger partial charge in [0.05, 0.1) is 16.3 Å². The van der Waals surface area contributed by atoms with Gasteiger partial charge in [0.25, 0.3) is 0 Å². The van der Waals surface area contributed by atoms with Gasteiger partial charge in [-0.3, -0.25) is 0 Å². The van der Waals surface area contributed by atoms with Crippen molar-refractivity contribution in [1.82, 2.24) is 4.98 Å². The predicted molar refractivity (Wildman–Crippen MR) is 90.1 cm³/mol. The molecule has 0 fully saturated rings. The summed E-state index contributed by atoms with van der Waals surface area (Å²) in [5.41, 5.74) is 1.82. The molecular weight excluding hydrogens is 304 g/mol. The van der Waals surface area contributed by atoms with Gasteiger partial charge in [0.2, 0.25) is 0 Å². The molecule has 3 aromatic rings. The third kappa shape index (κ3) is 3.28. The van der Waals surface area contributed by atoms with E-state index in [2.05, 4.69) is 17.2 Å². The fourth-order valence-electron chi connectivity index (χ4n) is 1.97. The summed E-state index contributed by atoms with van der Waals surface area (Å²) in [7, 11) is 0. The summed E-state index contributed by atoms with van der Waals surface area (Å²) in [5.74, 6) is 0.796. The van der Waals surface area contributed by atoms with E-state index in [-0.39, 0.29) is 0 Å². The first-order chi connectivity index (χ1) is 10.3. The number of ether oxygens (including phenoxy) is 1. The maximum Gasteiger partial charge on any atom is 0.188 e. The second kappa shape index (κ2) is 6.33. The highest BCUT2D eigenvalue weighted by molar-refractivity contribution is 7.22. The average Bonchev–Trinajstić information content (AvgIpc) is 2.89. The van der Waals surface area contributed by atoms with Gasteiger partial charge in [-0.1, -0.05) is 48.1 Å². The van der Waals surface area contributed by atoms with E-state index in [0.29, 0.717) is 11.6 Å². The first kappa shape index (κ1) is 14.2. The SMILES string of the molecule is CCCOc1cc(Cl)c2nc(Nc3ccccc3)sc2c1. The van der Waals surface area contributed by atoms with Crippen molar-refractivity contribution in [3.63, 3.8) is 0 Å². The van der Waals surface area contributed by atoms with Crippen LogP contribution in [0.1, 0.15) is 13.3 Å². The highest BCUT2D eigenvalue weighted by Crippen LogP contribution is 2.35. The molecule has 0 radical (unpaired) electrons. The Kier molecular flexibility index (Phi) is 4.27. The second-order valence-electron chi connectivity index (χ2n) is 4.61. The van der Waals surface area contributed by atoms with Crippen molar-refractivity contribution in [2.45, 2.75) is 13.3 Å². The summed E-state index contributed by atoms with van der Waals surface area (Å²) in [5, 5.41) is 4.74. The zero-order valence-corrected chi connectivity index (χ0v) is 13.2. The van der Waals surface area contributed by atoms with Crippen LogP contribution in [0.5, 0.6) is 5.75 Å². The Morgan fingerprint density at radius 3 is 2.81 bits per heavy atom. The van der Waals surface area contributed by atoms with Crippen LogP contribution in [0.4, 0.5) is 10.8 Å². The number of fused-ring (bicyclic) bond motifs is 1. The molecule has 1 N–H and O–H groups in total. The zero-order valence-electron chi connectivity index (χ0n) is 11.6. The van der Waals surface area contributed by atoms with Gasteiger partial charge in [-0.2, -0.15) is 0 Å². The summed E-state index contributed by atoms with van der Waals surface area (Å²) in [4.78, 5) is 4.55. The minimum atomic E-state index is 0.621. The lowest BCUT2D eigenvalue weighted by Gasteiger charge is -2.04. The van der Waals surface area contributed by atoms with Gasteiger partial charge in [0, 0.05) is 11.8 Å². The maximum atomic E-state index is 6.29. The maximum absolute atomic E-state index is 6.29. The summed E-state index contributed by atoms with van der Waals surface area (Å²) >= 11 is 7.86. The lowest BCUT2D eigenvalue weighted by atomic mass is 10.3. The zero-order chi connectivity index (χ0) is 14.7. The number of aromatic nitrogens is 1. The molecule has 0 saturated heterocycles. The topological polar surface area (TPSA) is 34.1 Å². The number of para-hydroxylation sites is 1. The molecule has 0 spiro atoms. The van der Waals surface area contributed by atoms with Crippen molar-refractivity contribution in [2.75, 3.05) is 11.9 Å². The number of anilines is 2. The van der Waals surface area contributed by atoms with Gasteiger partial charge in [0.15, 0.2) is 5.13 Å². The Bertz CT molecular complexity index is 743. The standard InChI is InChI=1S/C16H15ClN2OS/c1-2-8-20-12-9-13(17)15-14(10-12)21-16(19-15)18-11-6-4-3-5-7-11/h3-7,9-10H,2,8H2,1H3,(H,18,19). The van der Waals surface area contributed by atoms with Crippen LogP contribution in [0.15, 0.2) is 42.5 Å². The quantitative estimate of drug-likeness (QED) is 0.676. The number of halogens is 1. The van der Waals surface area contributed by atoms with Gasteiger partial charge in [-0.25, -0.2) is 4.98 Å². The van der Waals surface area contributed by atoms with Gasteiger partial charge >= 0.3 is 0 Å². The van der Waals surface area contributed by atoms with Crippen LogP contribution in [-0.2, 0) is 0 Å². The van der Waals surface area contributed by atoms with E-state index < -0.39 is 0 Å². The van der Waals surface area contributed by atoms with Gasteiger partial charge in [-0.15, -0.1) is 0 Å². The number of thiazole rings is 1. The molecule has 0 saturated carbocycles. The number of nitrogens with zero attached hydrogens (tertiary/aromatic N) is 1. The molecule has 1 heterocycles. The molecule has 3 nitrogen and oxygen atoms in total. The van der Waals surface area contributed by atoms with E-state index in [1.54, 1.807) is 11.3 Å². The normalized spacial score (nSPS) is 10.8. The fourth-order valence-corrected chi connectivity index (χ4v) is 3.22. The van der Waals surface area contributed by atoms with Crippen LogP contribution >= 0.6 is 22.9 Å². The van der Waals surface area contributed by atoms with E-state index in [0.717, 1.165) is 33.2 Å². The summed E-state index contributed by atoms with van der Waals surface area (Å²) < 4.78 is 6.67. The van der Waals surface area contributed by atoms with E-state index in [4.69, 9.17) is 16.3 Å². The number of rotatable bonds is 5. The van der Waals surface area contributed by atoms with E-state index in [9.17, 15) is 0 Å². The number of benzene rings is 2. The molecule has 0 aliphatic rings. The minimum Gasteiger partial charge on any atom is -0.494 e. The number of hydrogen-bond donors (Lipinski definition) is 1. The third-order valence-electron chi connectivity index (χ3n) is 2.92. The Morgan fingerprint density at radius 1 is 1.24 bits per heavy atom. The van der Waals surface area contributed by atoms with Crippen LogP contribution < -0.4 is 10.1 Å². The van der Waals surface area contributed by atoms with Crippen LogP contribution in [0.2, 0.25) is 5.02 Å². The summed E-state index contributed by atoms with van der Waals surface area (Å²) in [6.45, 7) is 2.77. The molecule has 0 bridgehead atoms. The van der Waals surface area contributed by atoms with Crippen LogP contribution in [0.25, 0.3) is 10.2 Å². The third-order valence-corrected chi connectivity index (χ3v) is 4.13. The first-order valence-electron chi connectivity index (χ1n) is 6.81. The van der Waals surface area contributed by atoms with Gasteiger partial charge in [-0.05, 0) is 24.6 Å². The molecular formula is C16H15ClN2OS. The van der Waals surface area contributed by atoms with Crippen LogP contribution in [0, 0.1) is 0 Å². The fraction of sp³-hybridized carbons (Fsp3) is 0.188. The molecule has 108 valence electrons. The van der Waals surface area contributed by atoms with E-state index >= 15 is 0 Å². The monoisotopic (exact) mass is 318 g/mol. The number of nitrogens with one attached hydrogen (secondary N) is 1. The lowest BCUT2D eigenvalue weighted by Crippen LogP contribution is -1.94. The first-order valence-corrected chi connectivity index (χ1v) is 8.00. The summed E-state index contributed by atoms with van der Waals surface area (Å²) in [6.07, 6.45) is 0.971. The van der Waals surface area contributed by atoms with Crippen molar-refractivity contribution in [1.29, 1.82) is 0 Å². The summed E-state index contributed by atoms with van der Waals surface area (Å²) in [6, 6.07) is 13.8. The largest absolute Gasteiger partial charge is 0.494 e. The Balaban J connectivity index is 1.90. The Morgan fingerprint density at radius 2 is 2.05 bits per heavy atom. The molecule has 21 heavy (non-hydrogen) atoms. The smallest absolute Gasteiger partial charge is 0.188 e. The van der Waals surface area contributed by atoms with E-state index in [1.807, 2.05) is 42.5 Å². The average molecular weight is 319 g/mol. The van der Waals surface area contributed by atoms with Crippen molar-refractivity contribution >= 4 is 44.0 Å². The Hall–Kier alpha value is -1.78. The molecule has 0 amide bonds. The second-order valence-corrected chi connectivity index (χ2v) is 6.05. The molecule has 2 aromatic carbocycles. The predicted octanol–water partition coefficient (Wildman–Crippen LogP) is 5.48. The molecule has 0 aliphatic heterocycles. The molecule has 0 aliphatic carbocycles. The molecule has 0 unspecified atom stereocenters.